The average Bonchev–Trinajstić information content (AvgIpc) is 3.03. The van der Waals surface area contributed by atoms with Crippen LogP contribution in [0, 0.1) is 6.92 Å². The molecule has 2 aliphatic heterocycles. The lowest BCUT2D eigenvalue weighted by Gasteiger charge is -2.44. The number of likely N-dealkylation sites (tertiary alicyclic amines) is 1. The molecule has 1 amide bonds. The Bertz CT molecular complexity index is 867. The van der Waals surface area contributed by atoms with E-state index in [4.69, 9.17) is 0 Å². The van der Waals surface area contributed by atoms with Gasteiger partial charge in [-0.15, -0.1) is 0 Å². The number of carbonyl (C=O) groups excluding carboxylic acids is 1. The SMILES string of the molecule is CCCn1nc(C)cc1CN(C)C(=O)[C@@H]1CC(F)(F)CN1C1CN(S(C)(=O)=O)C1. The Labute approximate surface area is 170 Å². The molecule has 0 aromatic carbocycles. The molecule has 0 unspecified atom stereocenters. The fourth-order valence-corrected chi connectivity index (χ4v) is 4.94. The first-order valence-electron chi connectivity index (χ1n) is 9.78. The molecule has 1 aromatic heterocycles. The van der Waals surface area contributed by atoms with Crippen molar-refractivity contribution < 1.29 is 22.0 Å². The fourth-order valence-electron chi connectivity index (χ4n) is 4.06. The lowest BCUT2D eigenvalue weighted by molar-refractivity contribution is -0.137. The maximum absolute atomic E-state index is 14.2. The van der Waals surface area contributed by atoms with Crippen LogP contribution in [0.25, 0.3) is 0 Å². The lowest BCUT2D eigenvalue weighted by atomic mass is 10.1. The van der Waals surface area contributed by atoms with Crippen LogP contribution in [0.1, 0.15) is 31.2 Å². The first-order valence-corrected chi connectivity index (χ1v) is 11.6. The quantitative estimate of drug-likeness (QED) is 0.639. The van der Waals surface area contributed by atoms with Gasteiger partial charge in [-0.1, -0.05) is 6.92 Å². The van der Waals surface area contributed by atoms with E-state index in [-0.39, 0.29) is 31.6 Å². The van der Waals surface area contributed by atoms with Crippen molar-refractivity contribution in [2.45, 2.75) is 57.8 Å². The molecule has 0 spiro atoms. The van der Waals surface area contributed by atoms with Crippen LogP contribution in [0.3, 0.4) is 0 Å². The molecular formula is C18H29F2N5O3S. The van der Waals surface area contributed by atoms with Crippen LogP contribution in [-0.4, -0.2) is 89.2 Å². The van der Waals surface area contributed by atoms with Gasteiger partial charge >= 0.3 is 0 Å². The summed E-state index contributed by atoms with van der Waals surface area (Å²) in [6.45, 7) is 4.69. The molecule has 0 N–H and O–H groups in total. The number of amides is 1. The van der Waals surface area contributed by atoms with E-state index < -0.39 is 35.0 Å². The Kier molecular flexibility index (Phi) is 6.03. The van der Waals surface area contributed by atoms with Gasteiger partial charge in [0, 0.05) is 39.1 Å². The summed E-state index contributed by atoms with van der Waals surface area (Å²) < 4.78 is 54.6. The summed E-state index contributed by atoms with van der Waals surface area (Å²) in [4.78, 5) is 16.0. The number of aryl methyl sites for hydroxylation is 2. The standard InChI is InChI=1S/C18H29F2N5O3S/c1-5-6-25-14(7-13(2)21-25)9-22(3)17(26)16-8-18(19,20)12-24(16)15-10-23(11-15)29(4,27)28/h7,15-16H,5-6,8-12H2,1-4H3/t16-/m0/s1. The van der Waals surface area contributed by atoms with Crippen molar-refractivity contribution in [3.8, 4) is 0 Å². The van der Waals surface area contributed by atoms with E-state index in [1.165, 1.54) is 14.1 Å². The third kappa shape index (κ3) is 4.77. The molecule has 11 heteroatoms. The van der Waals surface area contributed by atoms with Gasteiger partial charge in [0.2, 0.25) is 15.9 Å². The number of halogens is 2. The van der Waals surface area contributed by atoms with Crippen LogP contribution in [0.5, 0.6) is 0 Å². The Balaban J connectivity index is 1.71. The van der Waals surface area contributed by atoms with Crippen molar-refractivity contribution in [2.24, 2.45) is 0 Å². The Hall–Kier alpha value is -1.59. The van der Waals surface area contributed by atoms with E-state index in [0.717, 1.165) is 30.6 Å². The number of rotatable bonds is 7. The highest BCUT2D eigenvalue weighted by atomic mass is 32.2. The van der Waals surface area contributed by atoms with Gasteiger partial charge in [0.05, 0.1) is 36.8 Å². The van der Waals surface area contributed by atoms with Crippen LogP contribution < -0.4 is 0 Å². The van der Waals surface area contributed by atoms with Gasteiger partial charge < -0.3 is 4.90 Å². The third-order valence-corrected chi connectivity index (χ3v) is 6.79. The van der Waals surface area contributed by atoms with Crippen LogP contribution >= 0.6 is 0 Å². The number of hydrogen-bond acceptors (Lipinski definition) is 5. The minimum absolute atomic E-state index is 0.144. The smallest absolute Gasteiger partial charge is 0.262 e. The van der Waals surface area contributed by atoms with Crippen LogP contribution in [0.15, 0.2) is 6.07 Å². The number of likely N-dealkylation sites (N-methyl/N-ethyl adjacent to an activating group) is 1. The predicted molar refractivity (Wildman–Crippen MR) is 104 cm³/mol. The second-order valence-electron chi connectivity index (χ2n) is 8.18. The first kappa shape index (κ1) is 22.1. The molecule has 2 fully saturated rings. The zero-order chi connectivity index (χ0) is 21.6. The number of aromatic nitrogens is 2. The summed E-state index contributed by atoms with van der Waals surface area (Å²) >= 11 is 0. The molecule has 1 aromatic rings. The lowest BCUT2D eigenvalue weighted by Crippen LogP contribution is -2.63. The molecule has 2 saturated heterocycles. The molecule has 3 heterocycles. The van der Waals surface area contributed by atoms with Gasteiger partial charge in [0.15, 0.2) is 0 Å². The number of sulfonamides is 1. The van der Waals surface area contributed by atoms with Crippen molar-refractivity contribution in [3.05, 3.63) is 17.5 Å². The van der Waals surface area contributed by atoms with Crippen molar-refractivity contribution in [1.82, 2.24) is 23.9 Å². The van der Waals surface area contributed by atoms with E-state index in [1.807, 2.05) is 24.6 Å². The second-order valence-corrected chi connectivity index (χ2v) is 10.2. The minimum atomic E-state index is -3.35. The average molecular weight is 434 g/mol. The van der Waals surface area contributed by atoms with Crippen molar-refractivity contribution in [2.75, 3.05) is 32.9 Å². The largest absolute Gasteiger partial charge is 0.339 e. The van der Waals surface area contributed by atoms with Crippen LogP contribution in [-0.2, 0) is 27.9 Å². The van der Waals surface area contributed by atoms with Crippen molar-refractivity contribution in [1.29, 1.82) is 0 Å². The summed E-state index contributed by atoms with van der Waals surface area (Å²) in [6, 6.07) is 0.579. The van der Waals surface area contributed by atoms with E-state index in [2.05, 4.69) is 5.10 Å². The first-order chi connectivity index (χ1) is 13.4. The highest BCUT2D eigenvalue weighted by Crippen LogP contribution is 2.36. The van der Waals surface area contributed by atoms with Gasteiger partial charge in [0.25, 0.3) is 5.92 Å². The zero-order valence-electron chi connectivity index (χ0n) is 17.3. The highest BCUT2D eigenvalue weighted by molar-refractivity contribution is 7.88. The Morgan fingerprint density at radius 2 is 2.03 bits per heavy atom. The van der Waals surface area contributed by atoms with E-state index in [9.17, 15) is 22.0 Å². The van der Waals surface area contributed by atoms with Crippen LogP contribution in [0.4, 0.5) is 8.78 Å². The summed E-state index contributed by atoms with van der Waals surface area (Å²) in [6.07, 6.45) is 1.45. The van der Waals surface area contributed by atoms with Gasteiger partial charge in [-0.3, -0.25) is 14.4 Å². The van der Waals surface area contributed by atoms with E-state index in [1.54, 1.807) is 7.05 Å². The van der Waals surface area contributed by atoms with Gasteiger partial charge in [-0.2, -0.15) is 9.40 Å². The molecule has 8 nitrogen and oxygen atoms in total. The minimum Gasteiger partial charge on any atom is -0.339 e. The van der Waals surface area contributed by atoms with E-state index >= 15 is 0 Å². The maximum Gasteiger partial charge on any atom is 0.262 e. The number of alkyl halides is 2. The van der Waals surface area contributed by atoms with Crippen LogP contribution in [0.2, 0.25) is 0 Å². The van der Waals surface area contributed by atoms with Gasteiger partial charge in [0.1, 0.15) is 0 Å². The molecule has 0 radical (unpaired) electrons. The summed E-state index contributed by atoms with van der Waals surface area (Å²) in [5, 5.41) is 4.42. The normalized spacial score (nSPS) is 23.3. The molecule has 2 aliphatic rings. The summed E-state index contributed by atoms with van der Waals surface area (Å²) in [7, 11) is -1.74. The Morgan fingerprint density at radius 3 is 2.62 bits per heavy atom. The molecule has 0 aliphatic carbocycles. The summed E-state index contributed by atoms with van der Waals surface area (Å²) in [5.41, 5.74) is 1.71. The number of hydrogen-bond donors (Lipinski definition) is 0. The van der Waals surface area contributed by atoms with Gasteiger partial charge in [-0.05, 0) is 19.4 Å². The van der Waals surface area contributed by atoms with Crippen molar-refractivity contribution in [3.63, 3.8) is 0 Å². The predicted octanol–water partition coefficient (Wildman–Crippen LogP) is 0.913. The molecule has 3 rings (SSSR count). The molecule has 1 atom stereocenters. The second kappa shape index (κ2) is 7.92. The van der Waals surface area contributed by atoms with Gasteiger partial charge in [-0.25, -0.2) is 17.2 Å². The topological polar surface area (TPSA) is 78.8 Å². The molecule has 29 heavy (non-hydrogen) atoms. The zero-order valence-corrected chi connectivity index (χ0v) is 18.1. The molecular weight excluding hydrogens is 404 g/mol. The number of nitrogens with zero attached hydrogens (tertiary/aromatic N) is 5. The third-order valence-electron chi connectivity index (χ3n) is 5.55. The Morgan fingerprint density at radius 1 is 1.38 bits per heavy atom. The molecule has 0 bridgehead atoms. The van der Waals surface area contributed by atoms with E-state index in [0.29, 0.717) is 0 Å². The maximum atomic E-state index is 14.2. The highest BCUT2D eigenvalue weighted by Gasteiger charge is 2.53. The van der Waals surface area contributed by atoms with Crippen molar-refractivity contribution >= 4 is 15.9 Å². The number of carbonyl (C=O) groups is 1. The summed E-state index contributed by atoms with van der Waals surface area (Å²) in [5.74, 6) is -3.34. The molecule has 164 valence electrons. The fraction of sp³-hybridized carbons (Fsp3) is 0.778. The molecule has 0 saturated carbocycles. The monoisotopic (exact) mass is 433 g/mol.